The first-order valence-electron chi connectivity index (χ1n) is 7.36. The highest BCUT2D eigenvalue weighted by atomic mass is 32.2. The number of benzene rings is 1. The summed E-state index contributed by atoms with van der Waals surface area (Å²) in [6.07, 6.45) is 2.95. The molecular weight excluding hydrogens is 300 g/mol. The maximum absolute atomic E-state index is 12.4. The predicted molar refractivity (Wildman–Crippen MR) is 89.5 cm³/mol. The Morgan fingerprint density at radius 2 is 2.18 bits per heavy atom. The Labute approximate surface area is 133 Å². The van der Waals surface area contributed by atoms with Gasteiger partial charge in [-0.05, 0) is 37.6 Å². The molecule has 22 heavy (non-hydrogen) atoms. The summed E-state index contributed by atoms with van der Waals surface area (Å²) in [6, 6.07) is 7.11. The Balaban J connectivity index is 2.06. The molecule has 0 radical (unpaired) electrons. The number of hydrazone groups is 1. The number of hydrogen-bond acceptors (Lipinski definition) is 4. The van der Waals surface area contributed by atoms with Crippen LogP contribution in [0.5, 0.6) is 5.75 Å². The highest BCUT2D eigenvalue weighted by Gasteiger charge is 2.21. The van der Waals surface area contributed by atoms with Crippen molar-refractivity contribution in [1.82, 2.24) is 9.73 Å². The number of rotatable bonds is 5. The van der Waals surface area contributed by atoms with Crippen LogP contribution in [0.2, 0.25) is 0 Å². The highest BCUT2D eigenvalue weighted by molar-refractivity contribution is 7.83. The highest BCUT2D eigenvalue weighted by Crippen LogP contribution is 2.15. The molecule has 0 saturated heterocycles. The third-order valence-corrected chi connectivity index (χ3v) is 4.43. The summed E-state index contributed by atoms with van der Waals surface area (Å²) in [4.78, 5) is 5.04. The van der Waals surface area contributed by atoms with Crippen LogP contribution in [-0.4, -0.2) is 41.6 Å². The van der Waals surface area contributed by atoms with Gasteiger partial charge in [0.15, 0.2) is 11.0 Å². The van der Waals surface area contributed by atoms with Gasteiger partial charge in [0.2, 0.25) is 5.96 Å². The lowest BCUT2D eigenvalue weighted by Crippen LogP contribution is -2.39. The molecule has 1 N–H and O–H groups in total. The van der Waals surface area contributed by atoms with Gasteiger partial charge in [-0.2, -0.15) is 5.10 Å². The molecule has 1 aliphatic heterocycles. The van der Waals surface area contributed by atoms with Gasteiger partial charge >= 0.3 is 0 Å². The summed E-state index contributed by atoms with van der Waals surface area (Å²) in [5.41, 5.74) is 0. The van der Waals surface area contributed by atoms with Crippen LogP contribution in [-0.2, 0) is 11.0 Å². The summed E-state index contributed by atoms with van der Waals surface area (Å²) < 4.78 is 20.5. The standard InChI is InChI=1S/C15H22N4O2S/c1-4-12-10-17-19(11-12)15(16-5-2)18-22(20)14-8-6-13(21-3)7-9-14/h6-10,12H,4-5,11H2,1-3H3,(H,16,18). The van der Waals surface area contributed by atoms with E-state index in [0.717, 1.165) is 18.7 Å². The summed E-state index contributed by atoms with van der Waals surface area (Å²) in [7, 11) is 0.217. The average molecular weight is 322 g/mol. The minimum atomic E-state index is -1.39. The normalized spacial score (nSPS) is 19.3. The third-order valence-electron chi connectivity index (χ3n) is 3.36. The molecule has 1 heterocycles. The van der Waals surface area contributed by atoms with E-state index in [2.05, 4.69) is 21.7 Å². The van der Waals surface area contributed by atoms with E-state index in [0.29, 0.717) is 23.3 Å². The van der Waals surface area contributed by atoms with Crippen LogP contribution in [0.15, 0.2) is 39.3 Å². The van der Waals surface area contributed by atoms with E-state index in [1.54, 1.807) is 36.4 Å². The number of guanidine groups is 1. The van der Waals surface area contributed by atoms with Crippen LogP contribution >= 0.6 is 0 Å². The lowest BCUT2D eigenvalue weighted by molar-refractivity contribution is 0.414. The largest absolute Gasteiger partial charge is 0.497 e. The molecule has 0 aromatic heterocycles. The molecule has 0 amide bonds. The second kappa shape index (κ2) is 7.93. The van der Waals surface area contributed by atoms with Crippen molar-refractivity contribution >= 4 is 23.2 Å². The zero-order chi connectivity index (χ0) is 15.9. The fourth-order valence-electron chi connectivity index (χ4n) is 2.02. The first-order chi connectivity index (χ1) is 10.7. The zero-order valence-corrected chi connectivity index (χ0v) is 14.0. The van der Waals surface area contributed by atoms with Crippen LogP contribution in [0.4, 0.5) is 0 Å². The minimum absolute atomic E-state index is 0.415. The van der Waals surface area contributed by atoms with Crippen molar-refractivity contribution in [2.75, 3.05) is 20.2 Å². The summed E-state index contributed by atoms with van der Waals surface area (Å²) in [6.45, 7) is 5.43. The monoisotopic (exact) mass is 322 g/mol. The van der Waals surface area contributed by atoms with E-state index in [-0.39, 0.29) is 0 Å². The van der Waals surface area contributed by atoms with Crippen molar-refractivity contribution < 1.29 is 8.95 Å². The summed E-state index contributed by atoms with van der Waals surface area (Å²) >= 11 is 0. The second-order valence-electron chi connectivity index (χ2n) is 4.86. The van der Waals surface area contributed by atoms with E-state index in [9.17, 15) is 4.21 Å². The summed E-state index contributed by atoms with van der Waals surface area (Å²) in [5.74, 6) is 1.69. The van der Waals surface area contributed by atoms with E-state index in [4.69, 9.17) is 4.74 Å². The number of hydrogen-bond donors (Lipinski definition) is 1. The number of methoxy groups -OCH3 is 1. The molecule has 0 aliphatic carbocycles. The van der Waals surface area contributed by atoms with Gasteiger partial charge in [0.25, 0.3) is 0 Å². The molecule has 120 valence electrons. The number of nitrogens with zero attached hydrogens (tertiary/aromatic N) is 3. The third kappa shape index (κ3) is 4.07. The predicted octanol–water partition coefficient (Wildman–Crippen LogP) is 2.01. The van der Waals surface area contributed by atoms with E-state index >= 15 is 0 Å². The van der Waals surface area contributed by atoms with Gasteiger partial charge in [-0.1, -0.05) is 6.92 Å². The Morgan fingerprint density at radius 1 is 1.45 bits per heavy atom. The Bertz CT molecular complexity index is 571. The van der Waals surface area contributed by atoms with Crippen LogP contribution < -0.4 is 9.46 Å². The van der Waals surface area contributed by atoms with Crippen molar-refractivity contribution in [2.24, 2.45) is 16.0 Å². The molecular formula is C15H22N4O2S. The maximum Gasteiger partial charge on any atom is 0.227 e. The molecule has 1 aromatic rings. The molecule has 0 bridgehead atoms. The van der Waals surface area contributed by atoms with Crippen LogP contribution in [0.3, 0.4) is 0 Å². The van der Waals surface area contributed by atoms with Gasteiger partial charge in [0.1, 0.15) is 5.75 Å². The van der Waals surface area contributed by atoms with Crippen LogP contribution in [0.25, 0.3) is 0 Å². The van der Waals surface area contributed by atoms with Crippen molar-refractivity contribution in [3.8, 4) is 5.75 Å². The topological polar surface area (TPSA) is 66.3 Å². The first kappa shape index (κ1) is 16.5. The van der Waals surface area contributed by atoms with Crippen LogP contribution in [0, 0.1) is 5.92 Å². The number of nitrogens with one attached hydrogen (secondary N) is 1. The lowest BCUT2D eigenvalue weighted by Gasteiger charge is -2.18. The molecule has 2 unspecified atom stereocenters. The maximum atomic E-state index is 12.4. The molecule has 1 aromatic carbocycles. The molecule has 0 fully saturated rings. The molecule has 6 nitrogen and oxygen atoms in total. The smallest absolute Gasteiger partial charge is 0.227 e. The fourth-order valence-corrected chi connectivity index (χ4v) is 2.86. The van der Waals surface area contributed by atoms with Crippen molar-refractivity contribution in [1.29, 1.82) is 0 Å². The summed E-state index contributed by atoms with van der Waals surface area (Å²) in [5, 5.41) is 6.12. The molecule has 1 aliphatic rings. The Kier molecular flexibility index (Phi) is 5.94. The molecule has 2 atom stereocenters. The number of ether oxygens (including phenoxy) is 1. The zero-order valence-electron chi connectivity index (χ0n) is 13.2. The van der Waals surface area contributed by atoms with Crippen LogP contribution in [0.1, 0.15) is 20.3 Å². The Hall–Kier alpha value is -1.89. The molecule has 0 spiro atoms. The molecule has 2 rings (SSSR count). The van der Waals surface area contributed by atoms with Crippen molar-refractivity contribution in [3.05, 3.63) is 24.3 Å². The van der Waals surface area contributed by atoms with Gasteiger partial charge in [-0.15, -0.1) is 0 Å². The van der Waals surface area contributed by atoms with Gasteiger partial charge < -0.3 is 4.74 Å². The minimum Gasteiger partial charge on any atom is -0.497 e. The average Bonchev–Trinajstić information content (AvgIpc) is 3.03. The van der Waals surface area contributed by atoms with E-state index < -0.39 is 11.0 Å². The van der Waals surface area contributed by atoms with Gasteiger partial charge in [0, 0.05) is 18.7 Å². The number of aliphatic imine (C=N–C) groups is 1. The van der Waals surface area contributed by atoms with Gasteiger partial charge in [0.05, 0.1) is 18.6 Å². The lowest BCUT2D eigenvalue weighted by atomic mass is 10.1. The Morgan fingerprint density at radius 3 is 2.73 bits per heavy atom. The second-order valence-corrected chi connectivity index (χ2v) is 6.07. The van der Waals surface area contributed by atoms with Crippen molar-refractivity contribution in [2.45, 2.75) is 25.2 Å². The van der Waals surface area contributed by atoms with E-state index in [1.165, 1.54) is 0 Å². The van der Waals surface area contributed by atoms with Gasteiger partial charge in [-0.25, -0.2) is 9.22 Å². The van der Waals surface area contributed by atoms with Gasteiger partial charge in [-0.3, -0.25) is 9.71 Å². The molecule has 0 saturated carbocycles. The van der Waals surface area contributed by atoms with E-state index in [1.807, 2.05) is 13.1 Å². The SMILES string of the molecule is CCN=C(NS(=O)c1ccc(OC)cc1)N1CC(CC)C=N1. The van der Waals surface area contributed by atoms with Crippen molar-refractivity contribution in [3.63, 3.8) is 0 Å². The quantitative estimate of drug-likeness (QED) is 0.666. The fraction of sp³-hybridized carbons (Fsp3) is 0.467. The first-order valence-corrected chi connectivity index (χ1v) is 8.51. The molecule has 7 heteroatoms.